The quantitative estimate of drug-likeness (QED) is 0.778. The highest BCUT2D eigenvalue weighted by molar-refractivity contribution is 7.18. The van der Waals surface area contributed by atoms with Gasteiger partial charge in [0.15, 0.2) is 0 Å². The Morgan fingerprint density at radius 2 is 1.53 bits per heavy atom. The lowest BCUT2D eigenvalue weighted by atomic mass is 10.1. The maximum Gasteiger partial charge on any atom is 0.125 e. The van der Waals surface area contributed by atoms with Crippen LogP contribution in [0, 0.1) is 0 Å². The molecule has 3 heteroatoms. The van der Waals surface area contributed by atoms with Crippen LogP contribution in [0.5, 0.6) is 0 Å². The number of hydrogen-bond acceptors (Lipinski definition) is 3. The van der Waals surface area contributed by atoms with Crippen molar-refractivity contribution < 1.29 is 0 Å². The van der Waals surface area contributed by atoms with Crippen molar-refractivity contribution in [1.29, 1.82) is 0 Å². The normalized spacial score (nSPS) is 10.5. The minimum atomic E-state index is 0.788. The molecule has 0 unspecified atom stereocenters. The maximum atomic E-state index is 6.08. The summed E-state index contributed by atoms with van der Waals surface area (Å²) >= 11 is 1.55. The van der Waals surface area contributed by atoms with Gasteiger partial charge in [-0.2, -0.15) is 0 Å². The highest BCUT2D eigenvalue weighted by Gasteiger charge is 2.10. The first kappa shape index (κ1) is 11.9. The highest BCUT2D eigenvalue weighted by atomic mass is 32.1. The van der Waals surface area contributed by atoms with Crippen molar-refractivity contribution in [2.75, 3.05) is 5.73 Å². The van der Waals surface area contributed by atoms with E-state index in [1.54, 1.807) is 11.3 Å². The fourth-order valence-corrected chi connectivity index (χ4v) is 2.84. The van der Waals surface area contributed by atoms with E-state index < -0.39 is 0 Å². The van der Waals surface area contributed by atoms with Gasteiger partial charge in [-0.15, -0.1) is 0 Å². The molecular formula is C16H14N2S. The van der Waals surface area contributed by atoms with Crippen LogP contribution in [0.1, 0.15) is 11.3 Å². The Hall–Kier alpha value is -2.13. The van der Waals surface area contributed by atoms with E-state index in [2.05, 4.69) is 29.2 Å². The SMILES string of the molecule is Nc1sc(-c2ccccc2)nc1Cc1ccccc1. The summed E-state index contributed by atoms with van der Waals surface area (Å²) in [5.74, 6) is 0. The summed E-state index contributed by atoms with van der Waals surface area (Å²) in [6.07, 6.45) is 0.788. The summed E-state index contributed by atoms with van der Waals surface area (Å²) in [6.45, 7) is 0. The number of hydrogen-bond donors (Lipinski definition) is 1. The van der Waals surface area contributed by atoms with Gasteiger partial charge in [-0.3, -0.25) is 0 Å². The summed E-state index contributed by atoms with van der Waals surface area (Å²) in [7, 11) is 0. The lowest BCUT2D eigenvalue weighted by Crippen LogP contribution is -1.93. The van der Waals surface area contributed by atoms with Crippen LogP contribution in [0.2, 0.25) is 0 Å². The fraction of sp³-hybridized carbons (Fsp3) is 0.0625. The van der Waals surface area contributed by atoms with Gasteiger partial charge in [0, 0.05) is 12.0 Å². The molecule has 0 spiro atoms. The van der Waals surface area contributed by atoms with Gasteiger partial charge >= 0.3 is 0 Å². The number of nitrogen functional groups attached to an aromatic ring is 1. The lowest BCUT2D eigenvalue weighted by Gasteiger charge is -1.98. The Balaban J connectivity index is 1.90. The van der Waals surface area contributed by atoms with E-state index in [-0.39, 0.29) is 0 Å². The molecule has 94 valence electrons. The van der Waals surface area contributed by atoms with Crippen LogP contribution in [0.4, 0.5) is 5.00 Å². The van der Waals surface area contributed by atoms with Crippen LogP contribution in [0.3, 0.4) is 0 Å². The zero-order valence-corrected chi connectivity index (χ0v) is 11.2. The van der Waals surface area contributed by atoms with E-state index in [4.69, 9.17) is 5.73 Å². The second kappa shape index (κ2) is 5.24. The molecular weight excluding hydrogens is 252 g/mol. The zero-order chi connectivity index (χ0) is 13.1. The number of rotatable bonds is 3. The van der Waals surface area contributed by atoms with E-state index in [0.717, 1.165) is 27.7 Å². The van der Waals surface area contributed by atoms with Crippen LogP contribution < -0.4 is 5.73 Å². The number of aromatic nitrogens is 1. The van der Waals surface area contributed by atoms with Gasteiger partial charge in [-0.05, 0) is 5.56 Å². The minimum Gasteiger partial charge on any atom is -0.389 e. The molecule has 19 heavy (non-hydrogen) atoms. The average molecular weight is 266 g/mol. The van der Waals surface area contributed by atoms with Gasteiger partial charge in [-0.1, -0.05) is 72.0 Å². The van der Waals surface area contributed by atoms with E-state index in [9.17, 15) is 0 Å². The van der Waals surface area contributed by atoms with Crippen molar-refractivity contribution >= 4 is 16.3 Å². The molecule has 0 saturated heterocycles. The predicted octanol–water partition coefficient (Wildman–Crippen LogP) is 3.98. The molecule has 0 aliphatic carbocycles. The molecule has 0 radical (unpaired) electrons. The first-order valence-corrected chi connectivity index (χ1v) is 6.99. The van der Waals surface area contributed by atoms with Crippen molar-refractivity contribution in [2.45, 2.75) is 6.42 Å². The van der Waals surface area contributed by atoms with E-state index in [0.29, 0.717) is 0 Å². The molecule has 0 aliphatic heterocycles. The molecule has 2 nitrogen and oxygen atoms in total. The molecule has 1 heterocycles. The Morgan fingerprint density at radius 3 is 2.21 bits per heavy atom. The Bertz CT molecular complexity index is 660. The van der Waals surface area contributed by atoms with Gasteiger partial charge < -0.3 is 5.73 Å². The van der Waals surface area contributed by atoms with Crippen molar-refractivity contribution in [3.8, 4) is 10.6 Å². The molecule has 0 saturated carbocycles. The third-order valence-corrected chi connectivity index (χ3v) is 3.94. The molecule has 0 amide bonds. The van der Waals surface area contributed by atoms with Crippen molar-refractivity contribution in [3.05, 3.63) is 71.9 Å². The Labute approximate surface area is 116 Å². The fourth-order valence-electron chi connectivity index (χ4n) is 1.98. The molecule has 2 N–H and O–H groups in total. The lowest BCUT2D eigenvalue weighted by molar-refractivity contribution is 1.11. The highest BCUT2D eigenvalue weighted by Crippen LogP contribution is 2.30. The van der Waals surface area contributed by atoms with Gasteiger partial charge in [0.1, 0.15) is 10.0 Å². The summed E-state index contributed by atoms with van der Waals surface area (Å²) in [4.78, 5) is 4.67. The molecule has 3 rings (SSSR count). The summed E-state index contributed by atoms with van der Waals surface area (Å²) in [5.41, 5.74) is 9.41. The van der Waals surface area contributed by atoms with Crippen LogP contribution in [-0.4, -0.2) is 4.98 Å². The zero-order valence-electron chi connectivity index (χ0n) is 10.4. The molecule has 0 fully saturated rings. The summed E-state index contributed by atoms with van der Waals surface area (Å²) in [6, 6.07) is 20.4. The van der Waals surface area contributed by atoms with Crippen LogP contribution in [0.15, 0.2) is 60.7 Å². The van der Waals surface area contributed by atoms with Crippen LogP contribution in [0.25, 0.3) is 10.6 Å². The summed E-state index contributed by atoms with van der Waals surface area (Å²) < 4.78 is 0. The summed E-state index contributed by atoms with van der Waals surface area (Å²) in [5, 5.41) is 1.80. The number of nitrogens with zero attached hydrogens (tertiary/aromatic N) is 1. The average Bonchev–Trinajstić information content (AvgIpc) is 2.82. The molecule has 3 aromatic rings. The predicted molar refractivity (Wildman–Crippen MR) is 81.2 cm³/mol. The number of benzene rings is 2. The standard InChI is InChI=1S/C16H14N2S/c17-15-14(11-12-7-3-1-4-8-12)18-16(19-15)13-9-5-2-6-10-13/h1-10H,11,17H2. The largest absolute Gasteiger partial charge is 0.389 e. The van der Waals surface area contributed by atoms with Crippen molar-refractivity contribution in [1.82, 2.24) is 4.98 Å². The first-order chi connectivity index (χ1) is 9.33. The molecule has 0 aliphatic rings. The monoisotopic (exact) mass is 266 g/mol. The Kier molecular flexibility index (Phi) is 3.29. The molecule has 0 atom stereocenters. The number of nitrogens with two attached hydrogens (primary N) is 1. The van der Waals surface area contributed by atoms with Crippen LogP contribution in [-0.2, 0) is 6.42 Å². The van der Waals surface area contributed by atoms with Gasteiger partial charge in [0.2, 0.25) is 0 Å². The number of thiazole rings is 1. The van der Waals surface area contributed by atoms with Crippen LogP contribution >= 0.6 is 11.3 Å². The van der Waals surface area contributed by atoms with E-state index >= 15 is 0 Å². The molecule has 2 aromatic carbocycles. The smallest absolute Gasteiger partial charge is 0.125 e. The van der Waals surface area contributed by atoms with E-state index in [1.807, 2.05) is 36.4 Å². The van der Waals surface area contributed by atoms with Crippen molar-refractivity contribution in [3.63, 3.8) is 0 Å². The van der Waals surface area contributed by atoms with Crippen molar-refractivity contribution in [2.24, 2.45) is 0 Å². The van der Waals surface area contributed by atoms with Gasteiger partial charge in [-0.25, -0.2) is 4.98 Å². The minimum absolute atomic E-state index is 0.788. The third-order valence-electron chi connectivity index (χ3n) is 2.96. The molecule has 1 aromatic heterocycles. The topological polar surface area (TPSA) is 38.9 Å². The maximum absolute atomic E-state index is 6.08. The second-order valence-electron chi connectivity index (χ2n) is 4.36. The first-order valence-electron chi connectivity index (χ1n) is 6.17. The van der Waals surface area contributed by atoms with Gasteiger partial charge in [0.05, 0.1) is 5.69 Å². The third kappa shape index (κ3) is 2.66. The molecule has 0 bridgehead atoms. The number of anilines is 1. The van der Waals surface area contributed by atoms with E-state index in [1.165, 1.54) is 5.56 Å². The Morgan fingerprint density at radius 1 is 0.895 bits per heavy atom. The van der Waals surface area contributed by atoms with Gasteiger partial charge in [0.25, 0.3) is 0 Å². The second-order valence-corrected chi connectivity index (χ2v) is 5.39.